The second-order valence-corrected chi connectivity index (χ2v) is 7.24. The molecule has 2 aromatic rings. The largest absolute Gasteiger partial charge is 0.331 e. The van der Waals surface area contributed by atoms with Crippen LogP contribution in [-0.4, -0.2) is 34.9 Å². The number of carbonyl (C=O) groups excluding carboxylic acids is 2. The van der Waals surface area contributed by atoms with Gasteiger partial charge in [0.05, 0.1) is 10.6 Å². The van der Waals surface area contributed by atoms with Crippen molar-refractivity contribution >= 4 is 46.5 Å². The molecule has 9 heteroatoms. The number of amides is 3. The van der Waals surface area contributed by atoms with Gasteiger partial charge in [0, 0.05) is 29.2 Å². The number of nitro benzene ring substituents is 1. The molecule has 1 heterocycles. The van der Waals surface area contributed by atoms with Crippen LogP contribution < -0.4 is 4.90 Å². The summed E-state index contributed by atoms with van der Waals surface area (Å²) in [6, 6.07) is 9.38. The lowest BCUT2D eigenvalue weighted by Crippen LogP contribution is -2.48. The molecule has 2 aromatic carbocycles. The number of halogens is 2. The van der Waals surface area contributed by atoms with Crippen molar-refractivity contribution in [3.63, 3.8) is 0 Å². The van der Waals surface area contributed by atoms with E-state index in [1.165, 1.54) is 18.2 Å². The summed E-state index contributed by atoms with van der Waals surface area (Å²) >= 11 is 12.0. The minimum absolute atomic E-state index is 0.158. The van der Waals surface area contributed by atoms with Crippen molar-refractivity contribution in [1.29, 1.82) is 0 Å². The van der Waals surface area contributed by atoms with Gasteiger partial charge in [-0.2, -0.15) is 0 Å². The van der Waals surface area contributed by atoms with Crippen LogP contribution in [0.15, 0.2) is 42.5 Å². The summed E-state index contributed by atoms with van der Waals surface area (Å²) in [4.78, 5) is 39.7. The molecule has 0 spiro atoms. The number of anilines is 1. The minimum atomic E-state index is -0.827. The van der Waals surface area contributed by atoms with Crippen LogP contribution in [0.2, 0.25) is 10.0 Å². The SMILES string of the molecule is O=C(c1cc(Cl)ccc1[N+](=O)[O-])N(C(=O)N1CCCCC1)c1cccc(Cl)c1. The summed E-state index contributed by atoms with van der Waals surface area (Å²) in [6.07, 6.45) is 2.68. The number of piperidine rings is 1. The molecule has 1 aliphatic heterocycles. The second-order valence-electron chi connectivity index (χ2n) is 6.37. The van der Waals surface area contributed by atoms with E-state index in [2.05, 4.69) is 0 Å². The third-order valence-corrected chi connectivity index (χ3v) is 4.94. The number of likely N-dealkylation sites (tertiary alicyclic amines) is 1. The first-order valence-corrected chi connectivity index (χ1v) is 9.47. The average molecular weight is 422 g/mol. The van der Waals surface area contributed by atoms with Crippen LogP contribution in [0.5, 0.6) is 0 Å². The van der Waals surface area contributed by atoms with Crippen LogP contribution in [0.4, 0.5) is 16.2 Å². The molecule has 1 saturated heterocycles. The predicted octanol–water partition coefficient (Wildman–Crippen LogP) is 5.15. The summed E-state index contributed by atoms with van der Waals surface area (Å²) in [5.41, 5.74) is -0.446. The fourth-order valence-electron chi connectivity index (χ4n) is 3.12. The highest BCUT2D eigenvalue weighted by molar-refractivity contribution is 6.32. The molecule has 7 nitrogen and oxygen atoms in total. The third-order valence-electron chi connectivity index (χ3n) is 4.47. The predicted molar refractivity (Wildman–Crippen MR) is 107 cm³/mol. The molecular formula is C19H17Cl2N3O4. The fraction of sp³-hybridized carbons (Fsp3) is 0.263. The van der Waals surface area contributed by atoms with Gasteiger partial charge < -0.3 is 4.90 Å². The lowest BCUT2D eigenvalue weighted by atomic mass is 10.1. The molecule has 1 fully saturated rings. The number of nitro groups is 1. The Hall–Kier alpha value is -2.64. The molecule has 146 valence electrons. The number of urea groups is 1. The maximum absolute atomic E-state index is 13.3. The molecule has 0 N–H and O–H groups in total. The van der Waals surface area contributed by atoms with Gasteiger partial charge in [0.2, 0.25) is 0 Å². The molecule has 28 heavy (non-hydrogen) atoms. The molecule has 0 unspecified atom stereocenters. The zero-order valence-corrected chi connectivity index (χ0v) is 16.3. The standard InChI is InChI=1S/C19H17Cl2N3O4/c20-13-5-4-6-15(11-13)23(19(26)22-9-2-1-3-10-22)18(25)16-12-14(21)7-8-17(16)24(27)28/h4-8,11-12H,1-3,9-10H2. The molecule has 0 atom stereocenters. The summed E-state index contributed by atoms with van der Waals surface area (Å²) in [6.45, 7) is 1.03. The lowest BCUT2D eigenvalue weighted by Gasteiger charge is -2.32. The van der Waals surface area contributed by atoms with Crippen molar-refractivity contribution in [2.45, 2.75) is 19.3 Å². The normalized spacial score (nSPS) is 13.9. The molecule has 3 rings (SSSR count). The first-order chi connectivity index (χ1) is 13.4. The number of carbonyl (C=O) groups is 2. The Morgan fingerprint density at radius 1 is 1.00 bits per heavy atom. The maximum atomic E-state index is 13.3. The molecule has 1 aliphatic rings. The van der Waals surface area contributed by atoms with Crippen LogP contribution >= 0.6 is 23.2 Å². The van der Waals surface area contributed by atoms with Gasteiger partial charge in [-0.05, 0) is 49.6 Å². The van der Waals surface area contributed by atoms with Crippen molar-refractivity contribution < 1.29 is 14.5 Å². The van der Waals surface area contributed by atoms with Crippen LogP contribution in [0.1, 0.15) is 29.6 Å². The Morgan fingerprint density at radius 3 is 2.32 bits per heavy atom. The van der Waals surface area contributed by atoms with Crippen molar-refractivity contribution in [3.8, 4) is 0 Å². The minimum Gasteiger partial charge on any atom is -0.324 e. The smallest absolute Gasteiger partial charge is 0.324 e. The van der Waals surface area contributed by atoms with Gasteiger partial charge in [-0.25, -0.2) is 9.69 Å². The Labute approximate surface area is 171 Å². The first-order valence-electron chi connectivity index (χ1n) is 8.71. The van der Waals surface area contributed by atoms with Gasteiger partial charge in [0.25, 0.3) is 11.6 Å². The van der Waals surface area contributed by atoms with Gasteiger partial charge in [-0.3, -0.25) is 14.9 Å². The van der Waals surface area contributed by atoms with Gasteiger partial charge in [-0.15, -0.1) is 0 Å². The Morgan fingerprint density at radius 2 is 1.68 bits per heavy atom. The van der Waals surface area contributed by atoms with E-state index in [-0.39, 0.29) is 16.3 Å². The van der Waals surface area contributed by atoms with Crippen LogP contribution in [0.25, 0.3) is 0 Å². The average Bonchev–Trinajstić information content (AvgIpc) is 2.68. The van der Waals surface area contributed by atoms with Crippen molar-refractivity contribution in [1.82, 2.24) is 4.90 Å². The highest BCUT2D eigenvalue weighted by Gasteiger charge is 2.33. The van der Waals surface area contributed by atoms with Gasteiger partial charge in [-0.1, -0.05) is 29.3 Å². The lowest BCUT2D eigenvalue weighted by molar-refractivity contribution is -0.385. The van der Waals surface area contributed by atoms with E-state index in [0.717, 1.165) is 30.2 Å². The van der Waals surface area contributed by atoms with Crippen molar-refractivity contribution in [2.24, 2.45) is 0 Å². The number of hydrogen-bond donors (Lipinski definition) is 0. The zero-order chi connectivity index (χ0) is 20.3. The van der Waals surface area contributed by atoms with Crippen LogP contribution in [0, 0.1) is 10.1 Å². The molecule has 0 saturated carbocycles. The molecule has 3 amide bonds. The molecular weight excluding hydrogens is 405 g/mol. The summed E-state index contributed by atoms with van der Waals surface area (Å²) in [5, 5.41) is 11.9. The van der Waals surface area contributed by atoms with E-state index < -0.39 is 22.5 Å². The van der Waals surface area contributed by atoms with E-state index in [0.29, 0.717) is 18.1 Å². The van der Waals surface area contributed by atoms with E-state index >= 15 is 0 Å². The topological polar surface area (TPSA) is 83.8 Å². The highest BCUT2D eigenvalue weighted by Crippen LogP contribution is 2.29. The van der Waals surface area contributed by atoms with E-state index in [9.17, 15) is 19.7 Å². The molecule has 0 radical (unpaired) electrons. The highest BCUT2D eigenvalue weighted by atomic mass is 35.5. The number of benzene rings is 2. The molecule has 0 aliphatic carbocycles. The molecule has 0 aromatic heterocycles. The Kier molecular flexibility index (Phi) is 6.16. The number of rotatable bonds is 3. The van der Waals surface area contributed by atoms with E-state index in [1.54, 1.807) is 23.1 Å². The summed E-state index contributed by atoms with van der Waals surface area (Å²) < 4.78 is 0. The van der Waals surface area contributed by atoms with E-state index in [4.69, 9.17) is 23.2 Å². The monoisotopic (exact) mass is 421 g/mol. The number of imide groups is 1. The number of hydrogen-bond acceptors (Lipinski definition) is 4. The van der Waals surface area contributed by atoms with Gasteiger partial charge in [0.1, 0.15) is 5.56 Å². The Balaban J connectivity index is 2.08. The summed E-state index contributed by atoms with van der Waals surface area (Å²) in [7, 11) is 0. The quantitative estimate of drug-likeness (QED) is 0.506. The van der Waals surface area contributed by atoms with Crippen LogP contribution in [0.3, 0.4) is 0 Å². The third kappa shape index (κ3) is 4.26. The van der Waals surface area contributed by atoms with E-state index in [1.807, 2.05) is 0 Å². The number of nitrogens with zero attached hydrogens (tertiary/aromatic N) is 3. The first kappa shape index (κ1) is 20.1. The maximum Gasteiger partial charge on any atom is 0.331 e. The van der Waals surface area contributed by atoms with Gasteiger partial charge in [0.15, 0.2) is 0 Å². The zero-order valence-electron chi connectivity index (χ0n) is 14.8. The second kappa shape index (κ2) is 8.58. The summed E-state index contributed by atoms with van der Waals surface area (Å²) in [5.74, 6) is -0.827. The van der Waals surface area contributed by atoms with Gasteiger partial charge >= 0.3 is 6.03 Å². The fourth-order valence-corrected chi connectivity index (χ4v) is 3.47. The van der Waals surface area contributed by atoms with Crippen molar-refractivity contribution in [2.75, 3.05) is 18.0 Å². The molecule has 0 bridgehead atoms. The Bertz CT molecular complexity index is 929. The van der Waals surface area contributed by atoms with Crippen molar-refractivity contribution in [3.05, 3.63) is 68.2 Å². The van der Waals surface area contributed by atoms with Crippen LogP contribution in [-0.2, 0) is 0 Å².